The minimum Gasteiger partial charge on any atom is -0.317 e. The van der Waals surface area contributed by atoms with Crippen LogP contribution >= 0.6 is 0 Å². The Labute approximate surface area is 172 Å². The van der Waals surface area contributed by atoms with Gasteiger partial charge in [0.1, 0.15) is 0 Å². The van der Waals surface area contributed by atoms with E-state index >= 15 is 0 Å². The Morgan fingerprint density at radius 1 is 1.07 bits per heavy atom. The maximum atomic E-state index is 12.1. The second kappa shape index (κ2) is 8.78. The number of urea groups is 1. The Morgan fingerprint density at radius 2 is 1.79 bits per heavy atom. The van der Waals surface area contributed by atoms with Crippen molar-refractivity contribution in [2.45, 2.75) is 41.0 Å². The molecule has 2 amide bonds. The summed E-state index contributed by atoms with van der Waals surface area (Å²) in [5, 5.41) is 6.89. The summed E-state index contributed by atoms with van der Waals surface area (Å²) in [5.41, 5.74) is 11.4. The third kappa shape index (κ3) is 4.57. The van der Waals surface area contributed by atoms with E-state index in [1.165, 1.54) is 16.8 Å². The normalized spacial score (nSPS) is 11.1. The van der Waals surface area contributed by atoms with Crippen molar-refractivity contribution in [1.82, 2.24) is 9.99 Å². The van der Waals surface area contributed by atoms with Crippen molar-refractivity contribution in [3.8, 4) is 5.69 Å². The lowest BCUT2D eigenvalue weighted by Gasteiger charge is -2.17. The van der Waals surface area contributed by atoms with Crippen LogP contribution < -0.4 is 10.7 Å². The molecule has 0 atom stereocenters. The summed E-state index contributed by atoms with van der Waals surface area (Å²) in [6.45, 7) is 10.5. The Balaban J connectivity index is 1.77. The molecule has 0 aliphatic carbocycles. The highest BCUT2D eigenvalue weighted by Crippen LogP contribution is 2.26. The van der Waals surface area contributed by atoms with Crippen LogP contribution in [-0.2, 0) is 6.42 Å². The van der Waals surface area contributed by atoms with Gasteiger partial charge < -0.3 is 9.88 Å². The van der Waals surface area contributed by atoms with E-state index in [1.54, 1.807) is 6.21 Å². The number of aryl methyl sites for hydroxylation is 4. The van der Waals surface area contributed by atoms with Gasteiger partial charge in [0.2, 0.25) is 0 Å². The number of benzene rings is 2. The second-order valence-corrected chi connectivity index (χ2v) is 7.29. The smallest absolute Gasteiger partial charge is 0.317 e. The van der Waals surface area contributed by atoms with E-state index in [1.807, 2.05) is 31.2 Å². The standard InChI is InChI=1S/C24H28N4O/c1-6-20-9-7-8-17(3)23(20)28-18(4)14-21(19(28)5)15-25-27-24(29)26-22-12-10-16(2)11-13-22/h7-15H,6H2,1-5H3,(H2,26,27,29)/b25-15+. The number of nitrogens with zero attached hydrogens (tertiary/aromatic N) is 2. The molecule has 0 saturated heterocycles. The molecular weight excluding hydrogens is 360 g/mol. The molecule has 0 saturated carbocycles. The van der Waals surface area contributed by atoms with Crippen molar-refractivity contribution in [3.05, 3.63) is 82.2 Å². The second-order valence-electron chi connectivity index (χ2n) is 7.29. The third-order valence-corrected chi connectivity index (χ3v) is 5.08. The fraction of sp³-hybridized carbons (Fsp3) is 0.250. The number of nitrogens with one attached hydrogen (secondary N) is 2. The van der Waals surface area contributed by atoms with Crippen LogP contribution in [0.2, 0.25) is 0 Å². The summed E-state index contributed by atoms with van der Waals surface area (Å²) < 4.78 is 2.27. The van der Waals surface area contributed by atoms with E-state index in [0.717, 1.165) is 34.6 Å². The number of hydrogen-bond donors (Lipinski definition) is 2. The zero-order valence-electron chi connectivity index (χ0n) is 17.7. The Kier molecular flexibility index (Phi) is 6.17. The van der Waals surface area contributed by atoms with Crippen molar-refractivity contribution in [3.63, 3.8) is 0 Å². The van der Waals surface area contributed by atoms with Crippen molar-refractivity contribution in [1.29, 1.82) is 0 Å². The highest BCUT2D eigenvalue weighted by molar-refractivity contribution is 5.90. The monoisotopic (exact) mass is 388 g/mol. The predicted molar refractivity (Wildman–Crippen MR) is 120 cm³/mol. The quantitative estimate of drug-likeness (QED) is 0.444. The molecule has 1 aromatic heterocycles. The molecular formula is C24H28N4O. The van der Waals surface area contributed by atoms with Crippen molar-refractivity contribution < 1.29 is 4.79 Å². The van der Waals surface area contributed by atoms with Crippen LogP contribution in [0.3, 0.4) is 0 Å². The molecule has 5 heteroatoms. The molecule has 0 unspecified atom stereocenters. The Hall–Kier alpha value is -3.34. The van der Waals surface area contributed by atoms with Gasteiger partial charge >= 0.3 is 6.03 Å². The fourth-order valence-corrected chi connectivity index (χ4v) is 3.54. The van der Waals surface area contributed by atoms with E-state index in [2.05, 4.69) is 72.4 Å². The van der Waals surface area contributed by atoms with Gasteiger partial charge in [0.05, 0.1) is 11.9 Å². The third-order valence-electron chi connectivity index (χ3n) is 5.08. The lowest BCUT2D eigenvalue weighted by molar-refractivity contribution is 0.252. The van der Waals surface area contributed by atoms with Crippen LogP contribution in [0.1, 0.15) is 40.6 Å². The van der Waals surface area contributed by atoms with E-state index in [4.69, 9.17) is 0 Å². The number of hydrazone groups is 1. The molecule has 150 valence electrons. The first kappa shape index (κ1) is 20.4. The number of para-hydroxylation sites is 1. The van der Waals surface area contributed by atoms with Crippen molar-refractivity contribution in [2.75, 3.05) is 5.32 Å². The molecule has 0 spiro atoms. The average molecular weight is 389 g/mol. The minimum atomic E-state index is -0.369. The minimum absolute atomic E-state index is 0.369. The highest BCUT2D eigenvalue weighted by Gasteiger charge is 2.14. The van der Waals surface area contributed by atoms with Gasteiger partial charge in [-0.2, -0.15) is 5.10 Å². The number of hydrogen-bond acceptors (Lipinski definition) is 2. The molecule has 3 rings (SSSR count). The largest absolute Gasteiger partial charge is 0.339 e. The van der Waals surface area contributed by atoms with Crippen molar-refractivity contribution >= 4 is 17.9 Å². The maximum absolute atomic E-state index is 12.1. The van der Waals surface area contributed by atoms with Crippen LogP contribution in [0.25, 0.3) is 5.69 Å². The fourth-order valence-electron chi connectivity index (χ4n) is 3.54. The summed E-state index contributed by atoms with van der Waals surface area (Å²) in [7, 11) is 0. The molecule has 3 aromatic rings. The van der Waals surface area contributed by atoms with Gasteiger partial charge in [0, 0.05) is 22.6 Å². The topological polar surface area (TPSA) is 58.4 Å². The number of amides is 2. The first-order chi connectivity index (χ1) is 13.9. The zero-order valence-corrected chi connectivity index (χ0v) is 17.7. The molecule has 0 bridgehead atoms. The molecule has 2 aromatic carbocycles. The molecule has 29 heavy (non-hydrogen) atoms. The van der Waals surface area contributed by atoms with Gasteiger partial charge in [0.15, 0.2) is 0 Å². The number of anilines is 1. The van der Waals surface area contributed by atoms with Crippen LogP contribution in [0, 0.1) is 27.7 Å². The summed E-state index contributed by atoms with van der Waals surface area (Å²) in [6, 6.07) is 15.7. The van der Waals surface area contributed by atoms with Crippen LogP contribution in [-0.4, -0.2) is 16.8 Å². The molecule has 5 nitrogen and oxygen atoms in total. The van der Waals surface area contributed by atoms with Crippen LogP contribution in [0.5, 0.6) is 0 Å². The molecule has 0 aliphatic rings. The zero-order chi connectivity index (χ0) is 21.0. The Morgan fingerprint density at radius 3 is 2.48 bits per heavy atom. The summed E-state index contributed by atoms with van der Waals surface area (Å²) in [6.07, 6.45) is 2.66. The van der Waals surface area contributed by atoms with Crippen molar-refractivity contribution in [2.24, 2.45) is 5.10 Å². The van der Waals surface area contributed by atoms with E-state index in [9.17, 15) is 4.79 Å². The number of carbonyl (C=O) groups is 1. The molecule has 0 aliphatic heterocycles. The summed E-state index contributed by atoms with van der Waals surface area (Å²) in [5.74, 6) is 0. The molecule has 0 radical (unpaired) electrons. The van der Waals surface area contributed by atoms with E-state index < -0.39 is 0 Å². The number of aromatic nitrogens is 1. The van der Waals surface area contributed by atoms with Gasteiger partial charge in [-0.3, -0.25) is 0 Å². The van der Waals surface area contributed by atoms with Gasteiger partial charge in [-0.05, 0) is 63.4 Å². The van der Waals surface area contributed by atoms with Gasteiger partial charge in [-0.1, -0.05) is 42.8 Å². The Bertz CT molecular complexity index is 1050. The SMILES string of the molecule is CCc1cccc(C)c1-n1c(C)cc(/C=N/NC(=O)Nc2ccc(C)cc2)c1C. The lowest BCUT2D eigenvalue weighted by atomic mass is 10.1. The van der Waals surface area contributed by atoms with Gasteiger partial charge in [-0.15, -0.1) is 0 Å². The number of rotatable bonds is 5. The van der Waals surface area contributed by atoms with Crippen LogP contribution in [0.4, 0.5) is 10.5 Å². The number of carbonyl (C=O) groups excluding carboxylic acids is 1. The highest BCUT2D eigenvalue weighted by atomic mass is 16.2. The van der Waals surface area contributed by atoms with Gasteiger partial charge in [-0.25, -0.2) is 10.2 Å². The van der Waals surface area contributed by atoms with E-state index in [0.29, 0.717) is 0 Å². The van der Waals surface area contributed by atoms with E-state index in [-0.39, 0.29) is 6.03 Å². The summed E-state index contributed by atoms with van der Waals surface area (Å²) in [4.78, 5) is 12.1. The molecule has 0 fully saturated rings. The summed E-state index contributed by atoms with van der Waals surface area (Å²) >= 11 is 0. The first-order valence-electron chi connectivity index (χ1n) is 9.85. The van der Waals surface area contributed by atoms with Crippen LogP contribution in [0.15, 0.2) is 53.6 Å². The predicted octanol–water partition coefficient (Wildman–Crippen LogP) is 5.43. The molecule has 1 heterocycles. The maximum Gasteiger partial charge on any atom is 0.339 e. The molecule has 2 N–H and O–H groups in total. The first-order valence-corrected chi connectivity index (χ1v) is 9.85. The average Bonchev–Trinajstić information content (AvgIpc) is 2.97. The lowest BCUT2D eigenvalue weighted by Crippen LogP contribution is -2.24. The van der Waals surface area contributed by atoms with Gasteiger partial charge in [0.25, 0.3) is 0 Å².